The van der Waals surface area contributed by atoms with E-state index in [1.165, 1.54) is 12.0 Å². The quantitative estimate of drug-likeness (QED) is 0.779. The molecule has 84 valence electrons. The van der Waals surface area contributed by atoms with Crippen molar-refractivity contribution in [1.29, 1.82) is 0 Å². The van der Waals surface area contributed by atoms with Crippen molar-refractivity contribution in [3.05, 3.63) is 35.4 Å². The average Bonchev–Trinajstić information content (AvgIpc) is 2.29. The fourth-order valence-electron chi connectivity index (χ4n) is 1.93. The van der Waals surface area contributed by atoms with Crippen LogP contribution in [0.5, 0.6) is 0 Å². The molecular weight excluding hydrogens is 184 g/mol. The Bertz CT molecular complexity index is 283. The molecule has 1 N–H and O–H groups in total. The van der Waals surface area contributed by atoms with Gasteiger partial charge in [0.2, 0.25) is 0 Å². The van der Waals surface area contributed by atoms with Gasteiger partial charge < -0.3 is 5.11 Å². The zero-order chi connectivity index (χ0) is 11.3. The summed E-state index contributed by atoms with van der Waals surface area (Å²) < 4.78 is 0. The zero-order valence-electron chi connectivity index (χ0n) is 10.1. The predicted octanol–water partition coefficient (Wildman–Crippen LogP) is 3.65. The van der Waals surface area contributed by atoms with E-state index in [-0.39, 0.29) is 0 Å². The monoisotopic (exact) mass is 206 g/mol. The topological polar surface area (TPSA) is 20.2 Å². The summed E-state index contributed by atoms with van der Waals surface area (Å²) >= 11 is 0. The Labute approximate surface area is 93.1 Å². The molecule has 1 aromatic rings. The van der Waals surface area contributed by atoms with E-state index >= 15 is 0 Å². The maximum atomic E-state index is 10.3. The van der Waals surface area contributed by atoms with Gasteiger partial charge in [0, 0.05) is 0 Å². The summed E-state index contributed by atoms with van der Waals surface area (Å²) in [4.78, 5) is 0. The van der Waals surface area contributed by atoms with Gasteiger partial charge in [-0.05, 0) is 30.4 Å². The molecule has 0 amide bonds. The highest BCUT2D eigenvalue weighted by atomic mass is 16.3. The van der Waals surface area contributed by atoms with E-state index in [0.29, 0.717) is 0 Å². The van der Waals surface area contributed by atoms with Gasteiger partial charge in [0.05, 0.1) is 5.60 Å². The summed E-state index contributed by atoms with van der Waals surface area (Å²) in [5.41, 5.74) is 1.77. The summed E-state index contributed by atoms with van der Waals surface area (Å²) in [6, 6.07) is 8.40. The van der Waals surface area contributed by atoms with Crippen LogP contribution in [0.4, 0.5) is 0 Å². The molecule has 0 aliphatic heterocycles. The van der Waals surface area contributed by atoms with Crippen molar-refractivity contribution in [2.45, 2.75) is 52.1 Å². The molecule has 15 heavy (non-hydrogen) atoms. The Balaban J connectivity index is 2.87. The van der Waals surface area contributed by atoms with Crippen LogP contribution in [0.2, 0.25) is 0 Å². The summed E-state index contributed by atoms with van der Waals surface area (Å²) in [5, 5.41) is 10.3. The fraction of sp³-hybridized carbons (Fsp3) is 0.571. The van der Waals surface area contributed by atoms with Gasteiger partial charge in [-0.1, -0.05) is 51.5 Å². The second kappa shape index (κ2) is 5.32. The van der Waals surface area contributed by atoms with E-state index in [4.69, 9.17) is 0 Å². The minimum absolute atomic E-state index is 0.634. The lowest BCUT2D eigenvalue weighted by Crippen LogP contribution is -2.23. The van der Waals surface area contributed by atoms with E-state index < -0.39 is 5.60 Å². The second-order valence-electron chi connectivity index (χ2n) is 4.19. The Hall–Kier alpha value is -0.820. The van der Waals surface area contributed by atoms with Gasteiger partial charge in [-0.15, -0.1) is 0 Å². The number of rotatable bonds is 5. The minimum atomic E-state index is -0.634. The Morgan fingerprint density at radius 3 is 1.93 bits per heavy atom. The van der Waals surface area contributed by atoms with Crippen molar-refractivity contribution in [1.82, 2.24) is 0 Å². The van der Waals surface area contributed by atoms with Crippen molar-refractivity contribution >= 4 is 0 Å². The number of hydrogen-bond donors (Lipinski definition) is 1. The molecule has 0 bridgehead atoms. The highest BCUT2D eigenvalue weighted by Crippen LogP contribution is 2.28. The Kier molecular flexibility index (Phi) is 4.34. The molecule has 0 atom stereocenters. The summed E-state index contributed by atoms with van der Waals surface area (Å²) in [5.74, 6) is 0. The lowest BCUT2D eigenvalue weighted by Gasteiger charge is -2.25. The maximum absolute atomic E-state index is 10.3. The zero-order valence-corrected chi connectivity index (χ0v) is 10.1. The van der Waals surface area contributed by atoms with Gasteiger partial charge in [0.15, 0.2) is 0 Å². The lowest BCUT2D eigenvalue weighted by atomic mass is 9.88. The highest BCUT2D eigenvalue weighted by molar-refractivity contribution is 5.27. The largest absolute Gasteiger partial charge is 0.385 e. The van der Waals surface area contributed by atoms with Gasteiger partial charge in [-0.3, -0.25) is 0 Å². The molecule has 0 unspecified atom stereocenters. The molecule has 0 fully saturated rings. The molecule has 0 radical (unpaired) electrons. The normalized spacial score (nSPS) is 11.7. The first-order valence-electron chi connectivity index (χ1n) is 5.98. The van der Waals surface area contributed by atoms with Crippen molar-refractivity contribution in [3.8, 4) is 0 Å². The van der Waals surface area contributed by atoms with Crippen LogP contribution in [0, 0.1) is 0 Å². The molecule has 0 heterocycles. The molecule has 0 aliphatic carbocycles. The first kappa shape index (κ1) is 12.3. The first-order chi connectivity index (χ1) is 7.16. The fourth-order valence-corrected chi connectivity index (χ4v) is 1.93. The summed E-state index contributed by atoms with van der Waals surface area (Å²) in [7, 11) is 0. The van der Waals surface area contributed by atoms with Gasteiger partial charge >= 0.3 is 0 Å². The molecule has 1 heteroatoms. The van der Waals surface area contributed by atoms with E-state index in [2.05, 4.69) is 31.2 Å². The molecule has 0 aliphatic rings. The lowest BCUT2D eigenvalue weighted by molar-refractivity contribution is 0.0284. The van der Waals surface area contributed by atoms with Crippen LogP contribution >= 0.6 is 0 Å². The van der Waals surface area contributed by atoms with Crippen LogP contribution in [-0.4, -0.2) is 5.11 Å². The third-order valence-corrected chi connectivity index (χ3v) is 3.20. The van der Waals surface area contributed by atoms with Crippen LogP contribution in [0.3, 0.4) is 0 Å². The third-order valence-electron chi connectivity index (χ3n) is 3.20. The van der Waals surface area contributed by atoms with E-state index in [1.54, 1.807) is 0 Å². The standard InChI is InChI=1S/C14H22O/c1-4-7-12-8-10-13(11-9-12)14(15,5-2)6-3/h8-11,15H,4-7H2,1-3H3. The van der Waals surface area contributed by atoms with Crippen molar-refractivity contribution in [2.24, 2.45) is 0 Å². The van der Waals surface area contributed by atoms with E-state index in [0.717, 1.165) is 24.8 Å². The first-order valence-corrected chi connectivity index (χ1v) is 5.98. The SMILES string of the molecule is CCCc1ccc(C(O)(CC)CC)cc1. The van der Waals surface area contributed by atoms with E-state index in [9.17, 15) is 5.11 Å². The number of aliphatic hydroxyl groups is 1. The van der Waals surface area contributed by atoms with Crippen LogP contribution in [-0.2, 0) is 12.0 Å². The number of aryl methyl sites for hydroxylation is 1. The summed E-state index contributed by atoms with van der Waals surface area (Å²) in [6.45, 7) is 6.25. The van der Waals surface area contributed by atoms with Crippen molar-refractivity contribution in [2.75, 3.05) is 0 Å². The van der Waals surface area contributed by atoms with Gasteiger partial charge in [0.25, 0.3) is 0 Å². The van der Waals surface area contributed by atoms with Crippen molar-refractivity contribution in [3.63, 3.8) is 0 Å². The maximum Gasteiger partial charge on any atom is 0.0891 e. The van der Waals surface area contributed by atoms with Crippen molar-refractivity contribution < 1.29 is 5.11 Å². The molecular formula is C14H22O. The highest BCUT2D eigenvalue weighted by Gasteiger charge is 2.24. The minimum Gasteiger partial charge on any atom is -0.385 e. The molecule has 0 saturated carbocycles. The Morgan fingerprint density at radius 1 is 1.00 bits per heavy atom. The average molecular weight is 206 g/mol. The number of hydrogen-bond acceptors (Lipinski definition) is 1. The van der Waals surface area contributed by atoms with E-state index in [1.807, 2.05) is 13.8 Å². The molecule has 0 saturated heterocycles. The van der Waals surface area contributed by atoms with Gasteiger partial charge in [0.1, 0.15) is 0 Å². The molecule has 0 spiro atoms. The third kappa shape index (κ3) is 2.82. The number of benzene rings is 1. The van der Waals surface area contributed by atoms with Crippen LogP contribution in [0.15, 0.2) is 24.3 Å². The van der Waals surface area contributed by atoms with Gasteiger partial charge in [-0.2, -0.15) is 0 Å². The summed E-state index contributed by atoms with van der Waals surface area (Å²) in [6.07, 6.45) is 3.84. The second-order valence-corrected chi connectivity index (χ2v) is 4.19. The molecule has 1 nitrogen and oxygen atoms in total. The van der Waals surface area contributed by atoms with Crippen LogP contribution in [0.1, 0.15) is 51.2 Å². The molecule has 1 rings (SSSR count). The Morgan fingerprint density at radius 2 is 1.53 bits per heavy atom. The smallest absolute Gasteiger partial charge is 0.0891 e. The van der Waals surface area contributed by atoms with Gasteiger partial charge in [-0.25, -0.2) is 0 Å². The molecule has 0 aromatic heterocycles. The van der Waals surface area contributed by atoms with Crippen LogP contribution in [0.25, 0.3) is 0 Å². The molecule has 1 aromatic carbocycles. The van der Waals surface area contributed by atoms with Crippen LogP contribution < -0.4 is 0 Å². The predicted molar refractivity (Wildman–Crippen MR) is 64.9 cm³/mol.